The van der Waals surface area contributed by atoms with Crippen LogP contribution in [0.15, 0.2) is 4.99 Å². The van der Waals surface area contributed by atoms with E-state index in [9.17, 15) is 14.4 Å². The second-order valence-electron chi connectivity index (χ2n) is 7.71. The number of amidine groups is 1. The molecule has 0 radical (unpaired) electrons. The van der Waals surface area contributed by atoms with Gasteiger partial charge in [0.15, 0.2) is 5.78 Å². The summed E-state index contributed by atoms with van der Waals surface area (Å²) in [5, 5.41) is 0. The molecule has 1 atom stereocenters. The number of imidazole rings is 1. The van der Waals surface area contributed by atoms with Crippen molar-refractivity contribution in [2.24, 2.45) is 10.4 Å². The van der Waals surface area contributed by atoms with Crippen LogP contribution >= 0.6 is 0 Å². The van der Waals surface area contributed by atoms with E-state index in [0.29, 0.717) is 11.8 Å². The monoisotopic (exact) mass is 346 g/mol. The summed E-state index contributed by atoms with van der Waals surface area (Å²) in [5.74, 6) is 0.712. The fourth-order valence-corrected chi connectivity index (χ4v) is 3.15. The summed E-state index contributed by atoms with van der Waals surface area (Å²) in [4.78, 5) is 44.4. The zero-order valence-corrected chi connectivity index (χ0v) is 15.7. The standard InChI is InChI=1S/C17H24N5O3/c1-9-10(2)22-12-13(19(6)16(25)20(7)14(12)24)18-15(22)21(9)8-11(23)17(3,4)5/h12H,8H2,1-7H3/q+1. The first-order valence-electron chi connectivity index (χ1n) is 8.25. The topological polar surface area (TPSA) is 78.9 Å². The summed E-state index contributed by atoms with van der Waals surface area (Å²) in [6.45, 7) is 9.64. The molecule has 3 rings (SSSR count). The van der Waals surface area contributed by atoms with Crippen molar-refractivity contribution in [3.63, 3.8) is 0 Å². The lowest BCUT2D eigenvalue weighted by atomic mass is 9.91. The molecule has 3 amide bonds. The minimum absolute atomic E-state index is 0.0805. The number of nitrogens with zero attached hydrogens (tertiary/aromatic N) is 5. The maximum Gasteiger partial charge on any atom is 0.402 e. The number of amides is 3. The molecule has 134 valence electrons. The summed E-state index contributed by atoms with van der Waals surface area (Å²) in [5.41, 5.74) is 1.29. The molecule has 0 aromatic carbocycles. The van der Waals surface area contributed by atoms with Crippen LogP contribution in [0.25, 0.3) is 0 Å². The third kappa shape index (κ3) is 2.31. The molecule has 8 heteroatoms. The van der Waals surface area contributed by atoms with Crippen molar-refractivity contribution in [3.05, 3.63) is 11.4 Å². The molecule has 3 heterocycles. The Kier molecular flexibility index (Phi) is 3.63. The summed E-state index contributed by atoms with van der Waals surface area (Å²) >= 11 is 0. The molecule has 2 aliphatic heterocycles. The fourth-order valence-electron chi connectivity index (χ4n) is 3.15. The van der Waals surface area contributed by atoms with Gasteiger partial charge in [0.25, 0.3) is 5.91 Å². The van der Waals surface area contributed by atoms with Crippen LogP contribution in [0.3, 0.4) is 0 Å². The van der Waals surface area contributed by atoms with E-state index in [1.807, 2.05) is 43.8 Å². The lowest BCUT2D eigenvalue weighted by molar-refractivity contribution is -0.676. The predicted molar refractivity (Wildman–Crippen MR) is 90.6 cm³/mol. The third-order valence-corrected chi connectivity index (χ3v) is 5.08. The SMILES string of the molecule is Cc1c(C)[n+](CC(=O)C(C)(C)C)c2n1C1C(=O)N(C)C(=O)N(C)C1=N2. The van der Waals surface area contributed by atoms with Gasteiger partial charge >= 0.3 is 12.0 Å². The number of urea groups is 1. The minimum Gasteiger partial charge on any atom is -0.295 e. The Morgan fingerprint density at radius 3 is 2.32 bits per heavy atom. The largest absolute Gasteiger partial charge is 0.402 e. The van der Waals surface area contributed by atoms with Crippen molar-refractivity contribution in [1.29, 1.82) is 0 Å². The molecule has 1 aromatic heterocycles. The first-order valence-corrected chi connectivity index (χ1v) is 8.25. The number of imide groups is 1. The molecule has 2 aliphatic rings. The Labute approximate surface area is 146 Å². The maximum absolute atomic E-state index is 12.7. The van der Waals surface area contributed by atoms with Gasteiger partial charge in [-0.05, 0) is 13.8 Å². The molecule has 1 aromatic rings. The molecule has 1 fully saturated rings. The highest BCUT2D eigenvalue weighted by Gasteiger charge is 2.53. The van der Waals surface area contributed by atoms with Gasteiger partial charge in [0.2, 0.25) is 11.9 Å². The Bertz CT molecular complexity index is 843. The molecule has 1 unspecified atom stereocenters. The highest BCUT2D eigenvalue weighted by Crippen LogP contribution is 2.34. The predicted octanol–water partition coefficient (Wildman–Crippen LogP) is 1.12. The number of carbonyl (C=O) groups is 3. The van der Waals surface area contributed by atoms with E-state index in [1.54, 1.807) is 7.05 Å². The lowest BCUT2D eigenvalue weighted by Crippen LogP contribution is -2.56. The number of Topliss-reactive ketones (excluding diaryl/α,β-unsaturated/α-hetero) is 1. The van der Waals surface area contributed by atoms with Crippen molar-refractivity contribution >= 4 is 29.5 Å². The van der Waals surface area contributed by atoms with E-state index in [0.717, 1.165) is 16.3 Å². The van der Waals surface area contributed by atoms with Crippen LogP contribution in [-0.2, 0) is 16.1 Å². The van der Waals surface area contributed by atoms with E-state index in [1.165, 1.54) is 11.9 Å². The molecule has 0 N–H and O–H groups in total. The molecule has 0 saturated carbocycles. The number of fused-ring (bicyclic) bond motifs is 3. The van der Waals surface area contributed by atoms with E-state index in [-0.39, 0.29) is 18.2 Å². The van der Waals surface area contributed by atoms with Gasteiger partial charge in [-0.2, -0.15) is 0 Å². The third-order valence-electron chi connectivity index (χ3n) is 5.08. The number of aliphatic imine (C=N–C) groups is 1. The van der Waals surface area contributed by atoms with Gasteiger partial charge in [0.05, 0.1) is 0 Å². The number of rotatable bonds is 2. The summed E-state index contributed by atoms with van der Waals surface area (Å²) in [7, 11) is 3.08. The van der Waals surface area contributed by atoms with Crippen molar-refractivity contribution < 1.29 is 19.0 Å². The lowest BCUT2D eigenvalue weighted by Gasteiger charge is -2.30. The number of carbonyl (C=O) groups excluding carboxylic acids is 3. The molecule has 8 nitrogen and oxygen atoms in total. The minimum atomic E-state index is -0.660. The Hall–Kier alpha value is -2.51. The smallest absolute Gasteiger partial charge is 0.295 e. The fraction of sp³-hybridized carbons (Fsp3) is 0.588. The zero-order chi connectivity index (χ0) is 18.8. The van der Waals surface area contributed by atoms with Crippen molar-refractivity contribution in [1.82, 2.24) is 14.4 Å². The van der Waals surface area contributed by atoms with E-state index < -0.39 is 17.5 Å². The van der Waals surface area contributed by atoms with Gasteiger partial charge < -0.3 is 0 Å². The van der Waals surface area contributed by atoms with Crippen LogP contribution < -0.4 is 4.57 Å². The number of ketones is 1. The number of aromatic nitrogens is 2. The van der Waals surface area contributed by atoms with Crippen LogP contribution in [-0.4, -0.2) is 52.0 Å². The second-order valence-corrected chi connectivity index (χ2v) is 7.71. The molecular weight excluding hydrogens is 322 g/mol. The first kappa shape index (κ1) is 17.3. The van der Waals surface area contributed by atoms with Gasteiger partial charge in [-0.3, -0.25) is 19.4 Å². The Morgan fingerprint density at radius 1 is 1.16 bits per heavy atom. The average molecular weight is 346 g/mol. The Balaban J connectivity index is 2.14. The second kappa shape index (κ2) is 5.24. The quantitative estimate of drug-likeness (QED) is 0.753. The van der Waals surface area contributed by atoms with Gasteiger partial charge in [-0.25, -0.2) is 13.9 Å². The molecule has 25 heavy (non-hydrogen) atoms. The highest BCUT2D eigenvalue weighted by atomic mass is 16.2. The Morgan fingerprint density at radius 2 is 1.76 bits per heavy atom. The number of hydrogen-bond donors (Lipinski definition) is 0. The zero-order valence-electron chi connectivity index (χ0n) is 15.7. The molecule has 0 aliphatic carbocycles. The molecular formula is C17H24N5O3+. The van der Waals surface area contributed by atoms with Gasteiger partial charge in [0, 0.05) is 19.5 Å². The molecule has 0 bridgehead atoms. The van der Waals surface area contributed by atoms with Crippen LogP contribution in [0.2, 0.25) is 0 Å². The number of likely N-dealkylation sites (N-methyl/N-ethyl adjacent to an activating group) is 2. The summed E-state index contributed by atoms with van der Waals surface area (Å²) in [6.07, 6.45) is 0. The van der Waals surface area contributed by atoms with E-state index >= 15 is 0 Å². The summed E-state index contributed by atoms with van der Waals surface area (Å²) in [6, 6.07) is -1.06. The highest BCUT2D eigenvalue weighted by molar-refractivity contribution is 6.20. The van der Waals surface area contributed by atoms with E-state index in [2.05, 4.69) is 4.99 Å². The molecule has 1 saturated heterocycles. The van der Waals surface area contributed by atoms with E-state index in [4.69, 9.17) is 0 Å². The van der Waals surface area contributed by atoms with Crippen LogP contribution in [0.5, 0.6) is 0 Å². The van der Waals surface area contributed by atoms with Gasteiger partial charge in [0.1, 0.15) is 17.9 Å². The normalized spacial score (nSPS) is 20.0. The van der Waals surface area contributed by atoms with Crippen molar-refractivity contribution in [3.8, 4) is 0 Å². The van der Waals surface area contributed by atoms with Crippen LogP contribution in [0, 0.1) is 19.3 Å². The van der Waals surface area contributed by atoms with Crippen LogP contribution in [0.1, 0.15) is 38.2 Å². The number of hydrogen-bond acceptors (Lipinski definition) is 4. The van der Waals surface area contributed by atoms with Crippen molar-refractivity contribution in [2.75, 3.05) is 14.1 Å². The van der Waals surface area contributed by atoms with Gasteiger partial charge in [-0.1, -0.05) is 25.8 Å². The van der Waals surface area contributed by atoms with Crippen molar-refractivity contribution in [2.45, 2.75) is 47.2 Å². The summed E-state index contributed by atoms with van der Waals surface area (Å²) < 4.78 is 3.65. The maximum atomic E-state index is 12.7. The molecule has 0 spiro atoms. The first-order chi connectivity index (χ1) is 11.5. The van der Waals surface area contributed by atoms with Gasteiger partial charge in [-0.15, -0.1) is 0 Å². The van der Waals surface area contributed by atoms with Crippen LogP contribution in [0.4, 0.5) is 10.7 Å². The average Bonchev–Trinajstić information content (AvgIpc) is 3.02.